The second-order valence-corrected chi connectivity index (χ2v) is 8.72. The first-order valence-corrected chi connectivity index (χ1v) is 11.0. The van der Waals surface area contributed by atoms with E-state index in [0.717, 1.165) is 53.9 Å². The molecule has 0 saturated carbocycles. The molecule has 1 fully saturated rings. The topological polar surface area (TPSA) is 54.5 Å². The van der Waals surface area contributed by atoms with Crippen LogP contribution >= 0.6 is 11.3 Å². The molecule has 154 valence electrons. The summed E-state index contributed by atoms with van der Waals surface area (Å²) in [4.78, 5) is 22.3. The van der Waals surface area contributed by atoms with E-state index in [1.807, 2.05) is 22.4 Å². The fourth-order valence-corrected chi connectivity index (χ4v) is 4.95. The standard InChI is InChI=1S/C22H28N4O2S/c1-16-6-7-17(2)26(16)22-23-18(15-29-22)13-21(27)25(14-20-5-4-12-28-20)19-8-10-24(3)11-9-19/h4-7,12,15,19H,8-11,13-14H2,1-3H3. The molecule has 0 aliphatic carbocycles. The van der Waals surface area contributed by atoms with Gasteiger partial charge in [-0.2, -0.15) is 0 Å². The molecule has 1 saturated heterocycles. The Labute approximate surface area is 175 Å². The van der Waals surface area contributed by atoms with Gasteiger partial charge in [-0.1, -0.05) is 0 Å². The molecule has 3 aromatic rings. The molecule has 4 heterocycles. The van der Waals surface area contributed by atoms with Gasteiger partial charge in [-0.05, 0) is 71.1 Å². The number of likely N-dealkylation sites (tertiary alicyclic amines) is 1. The number of hydrogen-bond donors (Lipinski definition) is 0. The van der Waals surface area contributed by atoms with E-state index in [-0.39, 0.29) is 11.9 Å². The molecule has 1 aliphatic heterocycles. The van der Waals surface area contributed by atoms with Crippen LogP contribution in [-0.4, -0.2) is 51.4 Å². The first-order chi connectivity index (χ1) is 14.0. The summed E-state index contributed by atoms with van der Waals surface area (Å²) >= 11 is 1.59. The lowest BCUT2D eigenvalue weighted by molar-refractivity contribution is -0.134. The lowest BCUT2D eigenvalue weighted by Crippen LogP contribution is -2.46. The summed E-state index contributed by atoms with van der Waals surface area (Å²) in [6.45, 7) is 6.70. The van der Waals surface area contributed by atoms with E-state index in [9.17, 15) is 4.79 Å². The van der Waals surface area contributed by atoms with Crippen LogP contribution in [-0.2, 0) is 17.8 Å². The number of aromatic nitrogens is 2. The number of piperidine rings is 1. The summed E-state index contributed by atoms with van der Waals surface area (Å²) in [5.74, 6) is 0.948. The molecule has 0 radical (unpaired) electrons. The van der Waals surface area contributed by atoms with Crippen molar-refractivity contribution in [3.8, 4) is 5.13 Å². The molecule has 7 heteroatoms. The Bertz CT molecular complexity index is 932. The molecule has 29 heavy (non-hydrogen) atoms. The van der Waals surface area contributed by atoms with Crippen molar-refractivity contribution in [1.29, 1.82) is 0 Å². The predicted octanol–water partition coefficient (Wildman–Crippen LogP) is 3.81. The fourth-order valence-electron chi connectivity index (χ4n) is 4.00. The molecule has 1 amide bonds. The highest BCUT2D eigenvalue weighted by Crippen LogP contribution is 2.23. The van der Waals surface area contributed by atoms with Gasteiger partial charge in [0, 0.05) is 22.8 Å². The average Bonchev–Trinajstić information content (AvgIpc) is 3.43. The number of furan rings is 1. The molecule has 0 atom stereocenters. The van der Waals surface area contributed by atoms with Crippen LogP contribution in [0.3, 0.4) is 0 Å². The molecule has 4 rings (SSSR count). The van der Waals surface area contributed by atoms with Gasteiger partial charge in [-0.25, -0.2) is 4.98 Å². The number of hydrogen-bond acceptors (Lipinski definition) is 5. The molecule has 0 aromatic carbocycles. The zero-order valence-corrected chi connectivity index (χ0v) is 18.1. The van der Waals surface area contributed by atoms with Gasteiger partial charge in [0.1, 0.15) is 5.76 Å². The minimum Gasteiger partial charge on any atom is -0.467 e. The van der Waals surface area contributed by atoms with Crippen LogP contribution in [0.15, 0.2) is 40.3 Å². The maximum Gasteiger partial charge on any atom is 0.229 e. The van der Waals surface area contributed by atoms with Crippen LogP contribution in [0.2, 0.25) is 0 Å². The van der Waals surface area contributed by atoms with Gasteiger partial charge in [0.2, 0.25) is 5.91 Å². The monoisotopic (exact) mass is 412 g/mol. The van der Waals surface area contributed by atoms with Crippen molar-refractivity contribution in [1.82, 2.24) is 19.4 Å². The minimum absolute atomic E-state index is 0.119. The first kappa shape index (κ1) is 19.9. The van der Waals surface area contributed by atoms with Crippen LogP contribution in [0.1, 0.15) is 35.7 Å². The number of carbonyl (C=O) groups is 1. The van der Waals surface area contributed by atoms with Crippen LogP contribution in [0.25, 0.3) is 5.13 Å². The number of aryl methyl sites for hydroxylation is 2. The van der Waals surface area contributed by atoms with Gasteiger partial charge in [-0.3, -0.25) is 9.36 Å². The SMILES string of the molecule is Cc1ccc(C)n1-c1nc(CC(=O)N(Cc2ccco2)C2CCN(C)CC2)cs1. The first-order valence-electron chi connectivity index (χ1n) is 10.1. The fraction of sp³-hybridized carbons (Fsp3) is 0.455. The highest BCUT2D eigenvalue weighted by molar-refractivity contribution is 7.12. The summed E-state index contributed by atoms with van der Waals surface area (Å²) in [5.41, 5.74) is 3.14. The highest BCUT2D eigenvalue weighted by atomic mass is 32.1. The van der Waals surface area contributed by atoms with E-state index in [0.29, 0.717) is 13.0 Å². The van der Waals surface area contributed by atoms with Crippen molar-refractivity contribution in [3.05, 3.63) is 58.8 Å². The summed E-state index contributed by atoms with van der Waals surface area (Å²) in [7, 11) is 2.14. The normalized spacial score (nSPS) is 15.7. The molecule has 0 bridgehead atoms. The lowest BCUT2D eigenvalue weighted by atomic mass is 10.0. The van der Waals surface area contributed by atoms with E-state index in [1.165, 1.54) is 0 Å². The van der Waals surface area contributed by atoms with Gasteiger partial charge >= 0.3 is 0 Å². The van der Waals surface area contributed by atoms with Gasteiger partial charge < -0.3 is 14.2 Å². The Morgan fingerprint density at radius 2 is 1.97 bits per heavy atom. The van der Waals surface area contributed by atoms with Crippen LogP contribution < -0.4 is 0 Å². The molecular weight excluding hydrogens is 384 g/mol. The quantitative estimate of drug-likeness (QED) is 0.618. The second-order valence-electron chi connectivity index (χ2n) is 7.89. The van der Waals surface area contributed by atoms with Crippen molar-refractivity contribution in [2.45, 2.75) is 45.7 Å². The van der Waals surface area contributed by atoms with Gasteiger partial charge in [0.25, 0.3) is 0 Å². The van der Waals surface area contributed by atoms with E-state index in [2.05, 4.69) is 42.5 Å². The van der Waals surface area contributed by atoms with Crippen molar-refractivity contribution in [3.63, 3.8) is 0 Å². The molecule has 0 spiro atoms. The second kappa shape index (κ2) is 8.55. The largest absolute Gasteiger partial charge is 0.467 e. The summed E-state index contributed by atoms with van der Waals surface area (Å²) < 4.78 is 7.67. The smallest absolute Gasteiger partial charge is 0.229 e. The Morgan fingerprint density at radius 3 is 2.62 bits per heavy atom. The third kappa shape index (κ3) is 4.46. The maximum atomic E-state index is 13.3. The van der Waals surface area contributed by atoms with Gasteiger partial charge in [-0.15, -0.1) is 11.3 Å². The van der Waals surface area contributed by atoms with Crippen molar-refractivity contribution < 1.29 is 9.21 Å². The summed E-state index contributed by atoms with van der Waals surface area (Å²) in [6, 6.07) is 8.24. The molecule has 0 N–H and O–H groups in total. The van der Waals surface area contributed by atoms with E-state index < -0.39 is 0 Å². The number of amides is 1. The minimum atomic E-state index is 0.119. The van der Waals surface area contributed by atoms with Gasteiger partial charge in [0.15, 0.2) is 5.13 Å². The van der Waals surface area contributed by atoms with E-state index >= 15 is 0 Å². The third-order valence-electron chi connectivity index (χ3n) is 5.69. The lowest BCUT2D eigenvalue weighted by Gasteiger charge is -2.37. The third-order valence-corrected chi connectivity index (χ3v) is 6.56. The Balaban J connectivity index is 1.50. The predicted molar refractivity (Wildman–Crippen MR) is 114 cm³/mol. The molecule has 1 aliphatic rings. The van der Waals surface area contributed by atoms with E-state index in [4.69, 9.17) is 9.40 Å². The Hall–Kier alpha value is -2.38. The van der Waals surface area contributed by atoms with E-state index in [1.54, 1.807) is 17.6 Å². The maximum absolute atomic E-state index is 13.3. The van der Waals surface area contributed by atoms with Crippen LogP contribution in [0.4, 0.5) is 0 Å². The van der Waals surface area contributed by atoms with Crippen LogP contribution in [0.5, 0.6) is 0 Å². The van der Waals surface area contributed by atoms with Crippen molar-refractivity contribution >= 4 is 17.2 Å². The van der Waals surface area contributed by atoms with Crippen molar-refractivity contribution in [2.75, 3.05) is 20.1 Å². The number of carbonyl (C=O) groups excluding carboxylic acids is 1. The summed E-state index contributed by atoms with van der Waals surface area (Å²) in [6.07, 6.45) is 3.98. The Morgan fingerprint density at radius 1 is 1.24 bits per heavy atom. The van der Waals surface area contributed by atoms with Crippen molar-refractivity contribution in [2.24, 2.45) is 0 Å². The zero-order chi connectivity index (χ0) is 20.4. The highest BCUT2D eigenvalue weighted by Gasteiger charge is 2.28. The van der Waals surface area contributed by atoms with Crippen LogP contribution in [0, 0.1) is 13.8 Å². The molecule has 6 nitrogen and oxygen atoms in total. The molecule has 3 aromatic heterocycles. The molecular formula is C22H28N4O2S. The average molecular weight is 413 g/mol. The number of thiazole rings is 1. The molecule has 0 unspecified atom stereocenters. The summed E-state index contributed by atoms with van der Waals surface area (Å²) in [5, 5.41) is 2.93. The Kier molecular flexibility index (Phi) is 5.87. The van der Waals surface area contributed by atoms with Gasteiger partial charge in [0.05, 0.1) is 24.9 Å². The number of rotatable bonds is 6. The zero-order valence-electron chi connectivity index (χ0n) is 17.3. The number of nitrogens with zero attached hydrogens (tertiary/aromatic N) is 4.